The van der Waals surface area contributed by atoms with Gasteiger partial charge in [0.25, 0.3) is 0 Å². The van der Waals surface area contributed by atoms with Gasteiger partial charge in [-0.15, -0.1) is 0 Å². The third-order valence-corrected chi connectivity index (χ3v) is 3.76. The minimum absolute atomic E-state index is 0.265. The predicted octanol–water partition coefficient (Wildman–Crippen LogP) is 3.20. The summed E-state index contributed by atoms with van der Waals surface area (Å²) in [4.78, 5) is 24.4. The van der Waals surface area contributed by atoms with Crippen molar-refractivity contribution in [2.24, 2.45) is 0 Å². The average Bonchev–Trinajstić information content (AvgIpc) is 2.61. The van der Waals surface area contributed by atoms with E-state index >= 15 is 0 Å². The molecular weight excluding hydrogens is 288 g/mol. The van der Waals surface area contributed by atoms with E-state index in [0.29, 0.717) is 17.5 Å². The molecule has 1 atom stereocenters. The third kappa shape index (κ3) is 3.83. The van der Waals surface area contributed by atoms with Crippen molar-refractivity contribution < 1.29 is 9.59 Å². The second-order valence-corrected chi connectivity index (χ2v) is 5.25. The number of nitriles is 1. The molecule has 2 aromatic carbocycles. The molecule has 0 saturated carbocycles. The number of benzene rings is 2. The van der Waals surface area contributed by atoms with Crippen molar-refractivity contribution in [2.45, 2.75) is 25.3 Å². The lowest BCUT2D eigenvalue weighted by Gasteiger charge is -2.27. The lowest BCUT2D eigenvalue weighted by atomic mass is 9.88. The quantitative estimate of drug-likeness (QED) is 0.658. The molecule has 1 N–H and O–H groups in total. The zero-order valence-electron chi connectivity index (χ0n) is 13.0. The average molecular weight is 306 g/mol. The highest BCUT2D eigenvalue weighted by Crippen LogP contribution is 2.24. The number of hydrogen-bond donors (Lipinski definition) is 1. The van der Waals surface area contributed by atoms with Crippen molar-refractivity contribution >= 4 is 11.7 Å². The normalized spacial score (nSPS) is 12.7. The molecule has 0 bridgehead atoms. The molecule has 0 aliphatic heterocycles. The van der Waals surface area contributed by atoms with Crippen LogP contribution in [0.25, 0.3) is 0 Å². The summed E-state index contributed by atoms with van der Waals surface area (Å²) >= 11 is 0. The first-order valence-corrected chi connectivity index (χ1v) is 7.47. The smallest absolute Gasteiger partial charge is 0.229 e. The van der Waals surface area contributed by atoms with Gasteiger partial charge in [0.1, 0.15) is 0 Å². The van der Waals surface area contributed by atoms with E-state index in [2.05, 4.69) is 11.4 Å². The Hall–Kier alpha value is -2.93. The van der Waals surface area contributed by atoms with Gasteiger partial charge < -0.3 is 5.32 Å². The molecule has 0 fully saturated rings. The summed E-state index contributed by atoms with van der Waals surface area (Å²) in [5, 5.41) is 12.3. The Morgan fingerprint density at radius 3 is 2.13 bits per heavy atom. The molecule has 0 radical (unpaired) electrons. The first kappa shape index (κ1) is 16.4. The third-order valence-electron chi connectivity index (χ3n) is 3.76. The van der Waals surface area contributed by atoms with Gasteiger partial charge in [-0.3, -0.25) is 9.59 Å². The van der Waals surface area contributed by atoms with Crippen molar-refractivity contribution in [1.82, 2.24) is 5.32 Å². The molecule has 2 rings (SSSR count). The number of hydrogen-bond acceptors (Lipinski definition) is 3. The Morgan fingerprint density at radius 1 is 1.04 bits per heavy atom. The van der Waals surface area contributed by atoms with E-state index in [0.717, 1.165) is 0 Å². The molecule has 0 spiro atoms. The van der Waals surface area contributed by atoms with Crippen molar-refractivity contribution in [1.29, 1.82) is 5.26 Å². The topological polar surface area (TPSA) is 70.0 Å². The minimum atomic E-state index is -1.12. The van der Waals surface area contributed by atoms with Gasteiger partial charge in [-0.2, -0.15) is 5.26 Å². The molecule has 0 aromatic heterocycles. The van der Waals surface area contributed by atoms with E-state index in [4.69, 9.17) is 0 Å². The van der Waals surface area contributed by atoms with Crippen LogP contribution in [-0.4, -0.2) is 11.7 Å². The molecular formula is C19H18N2O2. The van der Waals surface area contributed by atoms with E-state index in [1.165, 1.54) is 0 Å². The minimum Gasteiger partial charge on any atom is -0.334 e. The molecule has 0 saturated heterocycles. The second kappa shape index (κ2) is 7.37. The van der Waals surface area contributed by atoms with Crippen molar-refractivity contribution in [2.75, 3.05) is 0 Å². The fourth-order valence-corrected chi connectivity index (χ4v) is 2.41. The standard InChI is InChI=1S/C19H18N2O2/c1-2-19(14-20,16-11-7-4-8-12-16)21-18(23)13-17(22)15-9-5-3-6-10-15/h3-12H,2,13H2,1H3,(H,21,23). The first-order chi connectivity index (χ1) is 11.1. The molecule has 23 heavy (non-hydrogen) atoms. The van der Waals surface area contributed by atoms with Gasteiger partial charge in [-0.05, 0) is 12.0 Å². The van der Waals surface area contributed by atoms with E-state index < -0.39 is 11.4 Å². The Morgan fingerprint density at radius 2 is 1.61 bits per heavy atom. The number of amides is 1. The summed E-state index contributed by atoms with van der Waals surface area (Å²) in [6.45, 7) is 1.83. The van der Waals surface area contributed by atoms with Crippen molar-refractivity contribution in [3.63, 3.8) is 0 Å². The van der Waals surface area contributed by atoms with Crippen LogP contribution in [-0.2, 0) is 10.3 Å². The molecule has 2 aromatic rings. The van der Waals surface area contributed by atoms with Gasteiger partial charge in [-0.25, -0.2) is 0 Å². The predicted molar refractivity (Wildman–Crippen MR) is 87.6 cm³/mol. The van der Waals surface area contributed by atoms with Crippen LogP contribution in [0.15, 0.2) is 60.7 Å². The van der Waals surface area contributed by atoms with Crippen LogP contribution in [0.4, 0.5) is 0 Å². The number of Topliss-reactive ketones (excluding diaryl/α,β-unsaturated/α-hetero) is 1. The molecule has 4 nitrogen and oxygen atoms in total. The summed E-state index contributed by atoms with van der Waals surface area (Å²) in [6.07, 6.45) is 0.138. The number of nitrogens with one attached hydrogen (secondary N) is 1. The van der Waals surface area contributed by atoms with Crippen LogP contribution in [0, 0.1) is 11.3 Å². The zero-order valence-corrected chi connectivity index (χ0v) is 13.0. The van der Waals surface area contributed by atoms with Gasteiger partial charge in [-0.1, -0.05) is 67.6 Å². The van der Waals surface area contributed by atoms with Crippen molar-refractivity contribution in [3.8, 4) is 6.07 Å². The molecule has 4 heteroatoms. The summed E-state index contributed by atoms with van der Waals surface area (Å²) in [5.41, 5.74) is 0.0851. The summed E-state index contributed by atoms with van der Waals surface area (Å²) in [7, 11) is 0. The van der Waals surface area contributed by atoms with Crippen molar-refractivity contribution in [3.05, 3.63) is 71.8 Å². The maximum atomic E-state index is 12.3. The maximum absolute atomic E-state index is 12.3. The maximum Gasteiger partial charge on any atom is 0.229 e. The molecule has 116 valence electrons. The molecule has 0 heterocycles. The Kier molecular flexibility index (Phi) is 5.27. The van der Waals surface area contributed by atoms with Gasteiger partial charge >= 0.3 is 0 Å². The second-order valence-electron chi connectivity index (χ2n) is 5.25. The number of carbonyl (C=O) groups is 2. The number of rotatable bonds is 6. The summed E-state index contributed by atoms with van der Waals surface area (Å²) in [6, 6.07) is 19.9. The SMILES string of the molecule is CCC(C#N)(NC(=O)CC(=O)c1ccccc1)c1ccccc1. The van der Waals surface area contributed by atoms with Gasteiger partial charge in [0, 0.05) is 5.56 Å². The van der Waals surface area contributed by atoms with Crippen LogP contribution < -0.4 is 5.32 Å². The monoisotopic (exact) mass is 306 g/mol. The number of nitrogens with zero attached hydrogens (tertiary/aromatic N) is 1. The fraction of sp³-hybridized carbons (Fsp3) is 0.211. The Bertz CT molecular complexity index is 720. The highest BCUT2D eigenvalue weighted by Gasteiger charge is 2.32. The van der Waals surface area contributed by atoms with E-state index in [1.54, 1.807) is 36.4 Å². The Labute approximate surface area is 135 Å². The van der Waals surface area contributed by atoms with Gasteiger partial charge in [0.05, 0.1) is 12.5 Å². The van der Waals surface area contributed by atoms with Crippen LogP contribution in [0.5, 0.6) is 0 Å². The number of carbonyl (C=O) groups excluding carboxylic acids is 2. The molecule has 0 aliphatic carbocycles. The highest BCUT2D eigenvalue weighted by atomic mass is 16.2. The van der Waals surface area contributed by atoms with Crippen LogP contribution >= 0.6 is 0 Å². The fourth-order valence-electron chi connectivity index (χ4n) is 2.41. The molecule has 1 unspecified atom stereocenters. The van der Waals surface area contributed by atoms with Crippen LogP contribution in [0.1, 0.15) is 35.7 Å². The van der Waals surface area contributed by atoms with Gasteiger partial charge in [0.2, 0.25) is 5.91 Å². The highest BCUT2D eigenvalue weighted by molar-refractivity contribution is 6.07. The van der Waals surface area contributed by atoms with E-state index in [9.17, 15) is 14.9 Å². The largest absolute Gasteiger partial charge is 0.334 e. The zero-order chi connectivity index (χ0) is 16.7. The van der Waals surface area contributed by atoms with E-state index in [1.807, 2.05) is 31.2 Å². The summed E-state index contributed by atoms with van der Waals surface area (Å²) in [5.74, 6) is -0.717. The lowest BCUT2D eigenvalue weighted by Crippen LogP contribution is -2.45. The molecule has 0 aliphatic rings. The summed E-state index contributed by atoms with van der Waals surface area (Å²) < 4.78 is 0. The molecule has 1 amide bonds. The van der Waals surface area contributed by atoms with Crippen LogP contribution in [0.3, 0.4) is 0 Å². The first-order valence-electron chi connectivity index (χ1n) is 7.47. The van der Waals surface area contributed by atoms with E-state index in [-0.39, 0.29) is 12.2 Å². The van der Waals surface area contributed by atoms with Crippen LogP contribution in [0.2, 0.25) is 0 Å². The lowest BCUT2D eigenvalue weighted by molar-refractivity contribution is -0.121. The van der Waals surface area contributed by atoms with Gasteiger partial charge in [0.15, 0.2) is 11.3 Å². The Balaban J connectivity index is 2.14. The number of ketones is 1.